The van der Waals surface area contributed by atoms with Crippen molar-refractivity contribution in [2.45, 2.75) is 13.3 Å². The van der Waals surface area contributed by atoms with Crippen molar-refractivity contribution in [1.82, 2.24) is 15.1 Å². The molecule has 8 nitrogen and oxygen atoms in total. The summed E-state index contributed by atoms with van der Waals surface area (Å²) in [5.74, 6) is 0.129. The summed E-state index contributed by atoms with van der Waals surface area (Å²) in [5.41, 5.74) is 3.01. The van der Waals surface area contributed by atoms with E-state index in [0.29, 0.717) is 34.9 Å². The summed E-state index contributed by atoms with van der Waals surface area (Å²) in [4.78, 5) is 28.2. The van der Waals surface area contributed by atoms with Crippen LogP contribution in [0.3, 0.4) is 0 Å². The first kappa shape index (κ1) is 17.6. The lowest BCUT2D eigenvalue weighted by Gasteiger charge is -2.07. The molecule has 0 spiro atoms. The molecule has 140 valence electrons. The Morgan fingerprint density at radius 2 is 1.96 bits per heavy atom. The molecule has 1 aromatic heterocycles. The van der Waals surface area contributed by atoms with E-state index in [1.165, 1.54) is 16.8 Å². The number of nitro groups is 1. The van der Waals surface area contributed by atoms with Gasteiger partial charge < -0.3 is 5.32 Å². The number of nitrogens with one attached hydrogen (secondary N) is 1. The van der Waals surface area contributed by atoms with Gasteiger partial charge in [-0.1, -0.05) is 43.3 Å². The van der Waals surface area contributed by atoms with Crippen molar-refractivity contribution in [3.63, 3.8) is 0 Å². The molecule has 1 aliphatic rings. The molecule has 0 radical (unpaired) electrons. The molecule has 2 aromatic carbocycles. The summed E-state index contributed by atoms with van der Waals surface area (Å²) < 4.78 is 1.51. The number of carbonyl (C=O) groups excluding carboxylic acids is 1. The number of aryl methyl sites for hydroxylation is 1. The molecule has 28 heavy (non-hydrogen) atoms. The lowest BCUT2D eigenvalue weighted by Crippen LogP contribution is -2.28. The highest BCUT2D eigenvalue weighted by Crippen LogP contribution is 2.30. The Labute approximate surface area is 160 Å². The van der Waals surface area contributed by atoms with E-state index in [4.69, 9.17) is 4.99 Å². The zero-order valence-corrected chi connectivity index (χ0v) is 15.1. The van der Waals surface area contributed by atoms with Crippen molar-refractivity contribution in [1.29, 1.82) is 0 Å². The van der Waals surface area contributed by atoms with Crippen LogP contribution in [0, 0.1) is 10.1 Å². The van der Waals surface area contributed by atoms with Crippen LogP contribution < -0.4 is 5.32 Å². The van der Waals surface area contributed by atoms with Crippen molar-refractivity contribution >= 4 is 23.1 Å². The minimum absolute atomic E-state index is 0.0508. The average Bonchev–Trinajstić information content (AvgIpc) is 3.00. The van der Waals surface area contributed by atoms with Gasteiger partial charge in [-0.2, -0.15) is 5.10 Å². The average molecular weight is 375 g/mol. The first-order chi connectivity index (χ1) is 13.6. The molecular formula is C20H17N5O3. The quantitative estimate of drug-likeness (QED) is 0.559. The molecule has 0 aliphatic carbocycles. The first-order valence-corrected chi connectivity index (χ1v) is 8.86. The minimum atomic E-state index is -0.461. The van der Waals surface area contributed by atoms with E-state index >= 15 is 0 Å². The number of non-ortho nitro benzene ring substituents is 1. The fraction of sp³-hybridized carbons (Fsp3) is 0.150. The van der Waals surface area contributed by atoms with E-state index in [1.54, 1.807) is 12.1 Å². The lowest BCUT2D eigenvalue weighted by molar-refractivity contribution is -0.384. The Morgan fingerprint density at radius 3 is 2.68 bits per heavy atom. The molecule has 0 unspecified atom stereocenters. The van der Waals surface area contributed by atoms with E-state index in [9.17, 15) is 14.9 Å². The second-order valence-corrected chi connectivity index (χ2v) is 6.29. The molecule has 0 saturated carbocycles. The van der Waals surface area contributed by atoms with Gasteiger partial charge in [-0.3, -0.25) is 14.9 Å². The second kappa shape index (κ2) is 7.07. The van der Waals surface area contributed by atoms with Gasteiger partial charge in [-0.15, -0.1) is 0 Å². The summed E-state index contributed by atoms with van der Waals surface area (Å²) in [7, 11) is 0. The number of aromatic nitrogens is 2. The number of aliphatic imine (C=N–C) groups is 1. The highest BCUT2D eigenvalue weighted by atomic mass is 16.6. The maximum Gasteiger partial charge on any atom is 0.271 e. The minimum Gasteiger partial charge on any atom is -0.346 e. The Hall–Kier alpha value is -3.81. The Bertz CT molecular complexity index is 1100. The number of nitrogens with zero attached hydrogens (tertiary/aromatic N) is 4. The van der Waals surface area contributed by atoms with E-state index in [1.807, 2.05) is 37.3 Å². The molecule has 3 aromatic rings. The molecule has 0 saturated heterocycles. The highest BCUT2D eigenvalue weighted by molar-refractivity contribution is 6.10. The van der Waals surface area contributed by atoms with Crippen LogP contribution in [0.5, 0.6) is 0 Å². The molecule has 2 heterocycles. The van der Waals surface area contributed by atoms with Gasteiger partial charge in [0, 0.05) is 12.1 Å². The SMILES string of the molecule is CCc1nn(-c2cccc([N+](=O)[O-])c2)c2c1C(=O)NCC(c1ccccc1)=N2. The van der Waals surface area contributed by atoms with Gasteiger partial charge in [-0.05, 0) is 18.1 Å². The summed E-state index contributed by atoms with van der Waals surface area (Å²) in [6, 6.07) is 15.7. The molecular weight excluding hydrogens is 358 g/mol. The van der Waals surface area contributed by atoms with Crippen LogP contribution in [-0.4, -0.2) is 32.9 Å². The van der Waals surface area contributed by atoms with Crippen molar-refractivity contribution < 1.29 is 9.72 Å². The summed E-state index contributed by atoms with van der Waals surface area (Å²) in [5, 5.41) is 18.6. The number of carbonyl (C=O) groups is 1. The first-order valence-electron chi connectivity index (χ1n) is 8.86. The van der Waals surface area contributed by atoms with Crippen LogP contribution in [-0.2, 0) is 6.42 Å². The van der Waals surface area contributed by atoms with E-state index in [-0.39, 0.29) is 18.1 Å². The van der Waals surface area contributed by atoms with Gasteiger partial charge in [-0.25, -0.2) is 9.67 Å². The zero-order chi connectivity index (χ0) is 19.7. The zero-order valence-electron chi connectivity index (χ0n) is 15.1. The van der Waals surface area contributed by atoms with E-state index < -0.39 is 4.92 Å². The van der Waals surface area contributed by atoms with Crippen LogP contribution in [0.15, 0.2) is 59.6 Å². The van der Waals surface area contributed by atoms with Gasteiger partial charge in [0.05, 0.1) is 28.6 Å². The number of rotatable bonds is 4. The standard InChI is InChI=1S/C20H17N5O3/c1-2-16-18-19(24(23-16)14-9-6-10-15(11-14)25(27)28)22-17(12-21-20(18)26)13-7-4-3-5-8-13/h3-11H,2,12H2,1H3,(H,21,26). The van der Waals surface area contributed by atoms with Crippen LogP contribution in [0.1, 0.15) is 28.5 Å². The molecule has 1 aliphatic heterocycles. The normalized spacial score (nSPS) is 13.3. The predicted molar refractivity (Wildman–Crippen MR) is 105 cm³/mol. The number of fused-ring (bicyclic) bond motifs is 1. The fourth-order valence-corrected chi connectivity index (χ4v) is 3.17. The van der Waals surface area contributed by atoms with Crippen LogP contribution in [0.4, 0.5) is 11.5 Å². The third-order valence-corrected chi connectivity index (χ3v) is 4.54. The summed E-state index contributed by atoms with van der Waals surface area (Å²) in [6.07, 6.45) is 0.536. The fourth-order valence-electron chi connectivity index (χ4n) is 3.17. The van der Waals surface area contributed by atoms with Gasteiger partial charge in [0.1, 0.15) is 5.56 Å². The maximum atomic E-state index is 12.7. The number of benzene rings is 2. The van der Waals surface area contributed by atoms with Crippen molar-refractivity contribution in [2.75, 3.05) is 6.54 Å². The largest absolute Gasteiger partial charge is 0.346 e. The van der Waals surface area contributed by atoms with Gasteiger partial charge in [0.15, 0.2) is 5.82 Å². The third kappa shape index (κ3) is 3.05. The van der Waals surface area contributed by atoms with Crippen LogP contribution in [0.25, 0.3) is 5.69 Å². The Kier molecular flexibility index (Phi) is 4.44. The molecule has 0 bridgehead atoms. The van der Waals surface area contributed by atoms with Gasteiger partial charge in [0.2, 0.25) is 0 Å². The van der Waals surface area contributed by atoms with Crippen LogP contribution >= 0.6 is 0 Å². The second-order valence-electron chi connectivity index (χ2n) is 6.29. The number of amides is 1. The third-order valence-electron chi connectivity index (χ3n) is 4.54. The van der Waals surface area contributed by atoms with Crippen molar-refractivity contribution in [3.8, 4) is 5.69 Å². The van der Waals surface area contributed by atoms with E-state index in [0.717, 1.165) is 5.56 Å². The molecule has 0 atom stereocenters. The monoisotopic (exact) mass is 375 g/mol. The Morgan fingerprint density at radius 1 is 1.18 bits per heavy atom. The molecule has 0 fully saturated rings. The topological polar surface area (TPSA) is 102 Å². The Balaban J connectivity index is 1.94. The predicted octanol–water partition coefficient (Wildman–Crippen LogP) is 3.21. The molecule has 8 heteroatoms. The van der Waals surface area contributed by atoms with E-state index in [2.05, 4.69) is 10.4 Å². The molecule has 1 amide bonds. The smallest absolute Gasteiger partial charge is 0.271 e. The summed E-state index contributed by atoms with van der Waals surface area (Å²) in [6.45, 7) is 2.19. The van der Waals surface area contributed by atoms with Crippen molar-refractivity contribution in [2.24, 2.45) is 4.99 Å². The van der Waals surface area contributed by atoms with Crippen molar-refractivity contribution in [3.05, 3.63) is 81.5 Å². The summed E-state index contributed by atoms with van der Waals surface area (Å²) >= 11 is 0. The lowest BCUT2D eigenvalue weighted by atomic mass is 10.1. The molecule has 1 N–H and O–H groups in total. The number of hydrogen-bond donors (Lipinski definition) is 1. The molecule has 4 rings (SSSR count). The maximum absolute atomic E-state index is 12.7. The highest BCUT2D eigenvalue weighted by Gasteiger charge is 2.27. The number of nitro benzene ring substituents is 1. The number of hydrogen-bond acceptors (Lipinski definition) is 5. The van der Waals surface area contributed by atoms with Gasteiger partial charge >= 0.3 is 0 Å². The van der Waals surface area contributed by atoms with Gasteiger partial charge in [0.25, 0.3) is 11.6 Å². The van der Waals surface area contributed by atoms with Crippen LogP contribution in [0.2, 0.25) is 0 Å².